The smallest absolute Gasteiger partial charge is 0.128 e. The number of thiophene rings is 1. The van der Waals surface area contributed by atoms with Gasteiger partial charge in [-0.3, -0.25) is 4.90 Å². The number of phenols is 1. The number of hydrogen-bond donors (Lipinski definition) is 1. The molecular weight excluding hydrogens is 454 g/mol. The van der Waals surface area contributed by atoms with Crippen molar-refractivity contribution in [1.29, 1.82) is 0 Å². The second-order valence-corrected chi connectivity index (χ2v) is 9.24. The standard InChI is InChI=1S/C27H27NO3S.ClH/c29-25-13-12-23(19-24(25)27-18-20-6-2-3-7-26(20)32-27)31-22-10-8-21(9-11-22)30-17-16-28-14-4-1-5-15-28;/h2-3,6-13,18-19,29H,1,4-5,14-17H2;1H. The molecule has 0 bridgehead atoms. The Morgan fingerprint density at radius 1 is 0.818 bits per heavy atom. The van der Waals surface area contributed by atoms with Crippen LogP contribution in [-0.2, 0) is 0 Å². The lowest BCUT2D eigenvalue weighted by molar-refractivity contribution is 0.183. The summed E-state index contributed by atoms with van der Waals surface area (Å²) < 4.78 is 13.2. The maximum atomic E-state index is 10.4. The Morgan fingerprint density at radius 2 is 1.55 bits per heavy atom. The molecular formula is C27H28ClNO3S. The van der Waals surface area contributed by atoms with E-state index in [9.17, 15) is 5.11 Å². The van der Waals surface area contributed by atoms with Gasteiger partial charge in [0.15, 0.2) is 0 Å². The molecule has 0 aliphatic carbocycles. The quantitative estimate of drug-likeness (QED) is 0.299. The molecule has 1 aromatic heterocycles. The molecule has 6 heteroatoms. The number of phenolic OH excluding ortho intramolecular Hbond substituents is 1. The van der Waals surface area contributed by atoms with Crippen LogP contribution in [0.5, 0.6) is 23.0 Å². The van der Waals surface area contributed by atoms with Crippen molar-refractivity contribution in [3.05, 3.63) is 72.8 Å². The van der Waals surface area contributed by atoms with Gasteiger partial charge in [0.05, 0.1) is 0 Å². The molecule has 172 valence electrons. The average molecular weight is 482 g/mol. The zero-order valence-corrected chi connectivity index (χ0v) is 20.0. The SMILES string of the molecule is Cl.Oc1ccc(Oc2ccc(OCCN3CCCCC3)cc2)cc1-c1cc2ccccc2s1. The molecule has 1 aliphatic rings. The summed E-state index contributed by atoms with van der Waals surface area (Å²) in [6.07, 6.45) is 3.95. The second-order valence-electron chi connectivity index (χ2n) is 8.15. The molecule has 1 fully saturated rings. The van der Waals surface area contributed by atoms with Crippen LogP contribution in [0.3, 0.4) is 0 Å². The van der Waals surface area contributed by atoms with Gasteiger partial charge < -0.3 is 14.6 Å². The number of halogens is 1. The Bertz CT molecular complexity index is 1150. The molecule has 5 rings (SSSR count). The van der Waals surface area contributed by atoms with Crippen LogP contribution in [0.4, 0.5) is 0 Å². The molecule has 1 N–H and O–H groups in total. The minimum atomic E-state index is 0. The normalized spacial score (nSPS) is 14.1. The summed E-state index contributed by atoms with van der Waals surface area (Å²) in [6.45, 7) is 4.06. The van der Waals surface area contributed by atoms with Crippen LogP contribution in [-0.4, -0.2) is 36.2 Å². The van der Waals surface area contributed by atoms with Gasteiger partial charge in [-0.2, -0.15) is 0 Å². The first-order chi connectivity index (χ1) is 15.7. The average Bonchev–Trinajstić information content (AvgIpc) is 3.26. The minimum absolute atomic E-state index is 0. The Labute approximate surface area is 204 Å². The minimum Gasteiger partial charge on any atom is -0.507 e. The Morgan fingerprint density at radius 3 is 2.33 bits per heavy atom. The number of hydrogen-bond acceptors (Lipinski definition) is 5. The predicted octanol–water partition coefficient (Wildman–Crippen LogP) is 7.35. The number of aromatic hydroxyl groups is 1. The monoisotopic (exact) mass is 481 g/mol. The molecule has 1 aliphatic heterocycles. The lowest BCUT2D eigenvalue weighted by Crippen LogP contribution is -2.33. The summed E-state index contributed by atoms with van der Waals surface area (Å²) in [5.74, 6) is 2.53. The molecule has 0 amide bonds. The van der Waals surface area contributed by atoms with E-state index in [-0.39, 0.29) is 18.2 Å². The topological polar surface area (TPSA) is 41.9 Å². The highest BCUT2D eigenvalue weighted by Crippen LogP contribution is 2.40. The van der Waals surface area contributed by atoms with Crippen molar-refractivity contribution in [1.82, 2.24) is 4.90 Å². The number of likely N-dealkylation sites (tertiary alicyclic amines) is 1. The van der Waals surface area contributed by atoms with E-state index in [1.54, 1.807) is 23.5 Å². The largest absolute Gasteiger partial charge is 0.507 e. The molecule has 4 nitrogen and oxygen atoms in total. The highest BCUT2D eigenvalue weighted by Gasteiger charge is 2.12. The zero-order chi connectivity index (χ0) is 21.8. The van der Waals surface area contributed by atoms with E-state index in [0.29, 0.717) is 12.4 Å². The van der Waals surface area contributed by atoms with Crippen LogP contribution in [0.1, 0.15) is 19.3 Å². The van der Waals surface area contributed by atoms with Crippen molar-refractivity contribution in [3.63, 3.8) is 0 Å². The Kier molecular flexibility index (Phi) is 7.76. The molecule has 3 aromatic carbocycles. The van der Waals surface area contributed by atoms with Gasteiger partial charge in [-0.05, 0) is 85.9 Å². The summed E-state index contributed by atoms with van der Waals surface area (Å²) >= 11 is 1.66. The van der Waals surface area contributed by atoms with E-state index in [1.165, 1.54) is 42.4 Å². The fourth-order valence-electron chi connectivity index (χ4n) is 4.11. The number of benzene rings is 3. The van der Waals surface area contributed by atoms with Crippen LogP contribution in [0.15, 0.2) is 72.8 Å². The molecule has 0 spiro atoms. The third-order valence-corrected chi connectivity index (χ3v) is 6.99. The second kappa shape index (κ2) is 10.9. The Balaban J connectivity index is 0.00000259. The summed E-state index contributed by atoms with van der Waals surface area (Å²) in [4.78, 5) is 3.49. The maximum Gasteiger partial charge on any atom is 0.128 e. The van der Waals surface area contributed by atoms with E-state index in [2.05, 4.69) is 23.1 Å². The number of nitrogens with zero attached hydrogens (tertiary/aromatic N) is 1. The van der Waals surface area contributed by atoms with Gasteiger partial charge in [0, 0.05) is 21.7 Å². The molecule has 0 unspecified atom stereocenters. The lowest BCUT2D eigenvalue weighted by Gasteiger charge is -2.26. The van der Waals surface area contributed by atoms with Crippen LogP contribution in [0, 0.1) is 0 Å². The lowest BCUT2D eigenvalue weighted by atomic mass is 10.1. The molecule has 4 aromatic rings. The van der Waals surface area contributed by atoms with Gasteiger partial charge in [-0.1, -0.05) is 24.6 Å². The van der Waals surface area contributed by atoms with Gasteiger partial charge in [0.2, 0.25) is 0 Å². The maximum absolute atomic E-state index is 10.4. The van der Waals surface area contributed by atoms with Crippen molar-refractivity contribution < 1.29 is 14.6 Å². The van der Waals surface area contributed by atoms with Crippen molar-refractivity contribution in [2.24, 2.45) is 0 Å². The van der Waals surface area contributed by atoms with Crippen LogP contribution >= 0.6 is 23.7 Å². The van der Waals surface area contributed by atoms with Gasteiger partial charge >= 0.3 is 0 Å². The van der Waals surface area contributed by atoms with Gasteiger partial charge in [0.25, 0.3) is 0 Å². The molecule has 33 heavy (non-hydrogen) atoms. The molecule has 0 radical (unpaired) electrons. The summed E-state index contributed by atoms with van der Waals surface area (Å²) in [5.41, 5.74) is 0.779. The first kappa shape index (κ1) is 23.4. The number of piperidine rings is 1. The van der Waals surface area contributed by atoms with E-state index < -0.39 is 0 Å². The predicted molar refractivity (Wildman–Crippen MR) is 138 cm³/mol. The highest BCUT2D eigenvalue weighted by molar-refractivity contribution is 7.22. The third-order valence-electron chi connectivity index (χ3n) is 5.84. The third kappa shape index (κ3) is 5.80. The highest BCUT2D eigenvalue weighted by atomic mass is 35.5. The first-order valence-electron chi connectivity index (χ1n) is 11.2. The summed E-state index contributed by atoms with van der Waals surface area (Å²) in [5, 5.41) is 11.6. The van der Waals surface area contributed by atoms with Crippen molar-refractivity contribution >= 4 is 33.8 Å². The first-order valence-corrected chi connectivity index (χ1v) is 12.0. The van der Waals surface area contributed by atoms with Crippen molar-refractivity contribution in [3.8, 4) is 33.4 Å². The van der Waals surface area contributed by atoms with Crippen molar-refractivity contribution in [2.75, 3.05) is 26.2 Å². The fraction of sp³-hybridized carbons (Fsp3) is 0.259. The fourth-order valence-corrected chi connectivity index (χ4v) is 5.19. The number of ether oxygens (including phenoxy) is 2. The summed E-state index contributed by atoms with van der Waals surface area (Å²) in [6, 6.07) is 23.4. The molecule has 0 atom stereocenters. The summed E-state index contributed by atoms with van der Waals surface area (Å²) in [7, 11) is 0. The number of rotatable bonds is 7. The van der Waals surface area contributed by atoms with E-state index >= 15 is 0 Å². The molecule has 2 heterocycles. The van der Waals surface area contributed by atoms with Crippen LogP contribution in [0.25, 0.3) is 20.5 Å². The molecule has 0 saturated carbocycles. The van der Waals surface area contributed by atoms with Crippen molar-refractivity contribution in [2.45, 2.75) is 19.3 Å². The van der Waals surface area contributed by atoms with Gasteiger partial charge in [-0.15, -0.1) is 23.7 Å². The van der Waals surface area contributed by atoms with E-state index in [1.807, 2.05) is 42.5 Å². The van der Waals surface area contributed by atoms with E-state index in [4.69, 9.17) is 9.47 Å². The Hall–Kier alpha value is -2.73. The van der Waals surface area contributed by atoms with Crippen LogP contribution < -0.4 is 9.47 Å². The zero-order valence-electron chi connectivity index (χ0n) is 18.4. The van der Waals surface area contributed by atoms with Crippen LogP contribution in [0.2, 0.25) is 0 Å². The van der Waals surface area contributed by atoms with E-state index in [0.717, 1.165) is 28.5 Å². The van der Waals surface area contributed by atoms with Gasteiger partial charge in [-0.25, -0.2) is 0 Å². The van der Waals surface area contributed by atoms with Gasteiger partial charge in [0.1, 0.15) is 29.6 Å². The number of fused-ring (bicyclic) bond motifs is 1. The molecule has 1 saturated heterocycles.